The fraction of sp³-hybridized carbons (Fsp3) is 0.222. The molecule has 2 atom stereocenters. The maximum atomic E-state index is 12.1. The van der Waals surface area contributed by atoms with Crippen LogP contribution in [-0.4, -0.2) is 34.3 Å². The number of hydrogen-bond donors (Lipinski definition) is 4. The lowest BCUT2D eigenvalue weighted by molar-refractivity contribution is -0.133. The normalized spacial score (nSPS) is 12.7. The number of aliphatic hydroxyl groups excluding tert-OH is 1. The summed E-state index contributed by atoms with van der Waals surface area (Å²) < 4.78 is 0. The van der Waals surface area contributed by atoms with Gasteiger partial charge in [0.2, 0.25) is 0 Å². The smallest absolute Gasteiger partial charge is 0.268 e. The molecule has 0 aliphatic heterocycles. The quantitative estimate of drug-likeness (QED) is 0.360. The summed E-state index contributed by atoms with van der Waals surface area (Å²) in [5.41, 5.74) is 2.94. The Morgan fingerprint density at radius 1 is 0.962 bits per heavy atom. The van der Waals surface area contributed by atoms with Crippen molar-refractivity contribution in [3.63, 3.8) is 0 Å². The van der Waals surface area contributed by atoms with Crippen LogP contribution in [0.25, 0.3) is 0 Å². The first-order valence-electron chi connectivity index (χ1n) is 7.51. The van der Waals surface area contributed by atoms with E-state index in [1.165, 1.54) is 24.5 Å². The highest BCUT2D eigenvalue weighted by Crippen LogP contribution is 2.18. The molecule has 0 radical (unpaired) electrons. The van der Waals surface area contributed by atoms with E-state index in [4.69, 9.17) is 5.21 Å². The predicted molar refractivity (Wildman–Crippen MR) is 96.7 cm³/mol. The summed E-state index contributed by atoms with van der Waals surface area (Å²) in [5, 5.41) is 28.6. The van der Waals surface area contributed by atoms with Gasteiger partial charge in [0.15, 0.2) is 0 Å². The monoisotopic (exact) mass is 358 g/mol. The lowest BCUT2D eigenvalue weighted by Gasteiger charge is -2.19. The summed E-state index contributed by atoms with van der Waals surface area (Å²) in [7, 11) is 0. The summed E-state index contributed by atoms with van der Waals surface area (Å²) >= 11 is 0. The number of carbonyl (C=O) groups is 2. The van der Waals surface area contributed by atoms with Crippen molar-refractivity contribution in [3.05, 3.63) is 60.2 Å². The van der Waals surface area contributed by atoms with Crippen molar-refractivity contribution in [2.24, 2.45) is 10.2 Å². The third-order valence-corrected chi connectivity index (χ3v) is 3.33. The van der Waals surface area contributed by atoms with Crippen LogP contribution >= 0.6 is 0 Å². The molecule has 0 saturated heterocycles. The zero-order valence-corrected chi connectivity index (χ0v) is 13.5. The lowest BCUT2D eigenvalue weighted by atomic mass is 10.1. The first-order chi connectivity index (χ1) is 12.0. The minimum absolute atomic E-state index is 0. The average Bonchev–Trinajstić information content (AvgIpc) is 2.64. The van der Waals surface area contributed by atoms with Gasteiger partial charge in [-0.3, -0.25) is 14.8 Å². The number of rotatable bonds is 6. The highest BCUT2D eigenvalue weighted by molar-refractivity contribution is 5.97. The minimum atomic E-state index is -1.27. The Morgan fingerprint density at radius 3 is 2.00 bits per heavy atom. The Balaban J connectivity index is 0.00000338. The predicted octanol–water partition coefficient (Wildman–Crippen LogP) is 2.72. The van der Waals surface area contributed by atoms with Crippen molar-refractivity contribution in [2.45, 2.75) is 26.5 Å². The fourth-order valence-electron chi connectivity index (χ4n) is 1.99. The van der Waals surface area contributed by atoms with Gasteiger partial charge in [0, 0.05) is 5.56 Å². The molecular formula is C18H22N4O4. The van der Waals surface area contributed by atoms with Crippen molar-refractivity contribution < 1.29 is 19.9 Å². The van der Waals surface area contributed by atoms with E-state index in [-0.39, 0.29) is 13.0 Å². The summed E-state index contributed by atoms with van der Waals surface area (Å²) in [6.45, 7) is 1.33. The number of amides is 2. The number of benzene rings is 2. The summed E-state index contributed by atoms with van der Waals surface area (Å²) in [6.07, 6.45) is -1.17. The van der Waals surface area contributed by atoms with Crippen LogP contribution in [0.4, 0.5) is 11.4 Å². The summed E-state index contributed by atoms with van der Waals surface area (Å²) in [5.74, 6) is -1.47. The van der Waals surface area contributed by atoms with Gasteiger partial charge in [-0.2, -0.15) is 10.2 Å². The number of nitrogens with zero attached hydrogens (tertiary/aromatic N) is 2. The molecular weight excluding hydrogens is 336 g/mol. The highest BCUT2D eigenvalue weighted by Gasteiger charge is 2.25. The van der Waals surface area contributed by atoms with Crippen LogP contribution in [0, 0.1) is 0 Å². The van der Waals surface area contributed by atoms with Gasteiger partial charge in [0.1, 0.15) is 6.04 Å². The SMILES string of the molecule is C.C[C@@H](O)[C@H](NC(=O)c1ccc(N=Nc2ccccc2)cc1)C(=O)NO. The standard InChI is InChI=1S/C17H18N4O4.CH4/c1-11(22)15(17(24)21-25)18-16(23)12-7-9-14(10-8-12)20-19-13-5-3-2-4-6-13;/h2-11,15,22,25H,1H3,(H,18,23)(H,21,24);1H4/t11-,15+;/m1./s1. The number of nitrogens with one attached hydrogen (secondary N) is 2. The van der Waals surface area contributed by atoms with Gasteiger partial charge in [-0.1, -0.05) is 25.6 Å². The van der Waals surface area contributed by atoms with Gasteiger partial charge in [-0.15, -0.1) is 0 Å². The van der Waals surface area contributed by atoms with E-state index in [2.05, 4.69) is 15.5 Å². The molecule has 138 valence electrons. The van der Waals surface area contributed by atoms with Crippen molar-refractivity contribution in [1.29, 1.82) is 0 Å². The van der Waals surface area contributed by atoms with E-state index in [1.807, 2.05) is 30.3 Å². The number of azo groups is 1. The minimum Gasteiger partial charge on any atom is -0.391 e. The van der Waals surface area contributed by atoms with Crippen molar-refractivity contribution >= 4 is 23.2 Å². The molecule has 2 amide bonds. The number of carbonyl (C=O) groups excluding carboxylic acids is 2. The molecule has 0 aliphatic rings. The zero-order chi connectivity index (χ0) is 18.2. The van der Waals surface area contributed by atoms with Crippen molar-refractivity contribution in [2.75, 3.05) is 0 Å². The third-order valence-electron chi connectivity index (χ3n) is 3.33. The molecule has 0 fully saturated rings. The molecule has 8 nitrogen and oxygen atoms in total. The molecule has 26 heavy (non-hydrogen) atoms. The Kier molecular flexibility index (Phi) is 8.07. The molecule has 0 aliphatic carbocycles. The van der Waals surface area contributed by atoms with Gasteiger partial charge >= 0.3 is 0 Å². The molecule has 0 unspecified atom stereocenters. The molecule has 0 bridgehead atoms. The Hall–Kier alpha value is -3.10. The number of aliphatic hydroxyl groups is 1. The second kappa shape index (κ2) is 10.0. The molecule has 2 aromatic rings. The summed E-state index contributed by atoms with van der Waals surface area (Å²) in [4.78, 5) is 23.6. The Bertz CT molecular complexity index is 746. The first kappa shape index (κ1) is 20.9. The molecule has 0 aromatic heterocycles. The van der Waals surface area contributed by atoms with E-state index in [0.29, 0.717) is 11.4 Å². The Morgan fingerprint density at radius 2 is 1.50 bits per heavy atom. The van der Waals surface area contributed by atoms with Gasteiger partial charge < -0.3 is 10.4 Å². The van der Waals surface area contributed by atoms with Crippen LogP contribution in [0.15, 0.2) is 64.8 Å². The van der Waals surface area contributed by atoms with Crippen LogP contribution in [0.1, 0.15) is 24.7 Å². The van der Waals surface area contributed by atoms with Crippen molar-refractivity contribution in [3.8, 4) is 0 Å². The van der Waals surface area contributed by atoms with E-state index >= 15 is 0 Å². The number of hydroxylamine groups is 1. The van der Waals surface area contributed by atoms with E-state index in [9.17, 15) is 14.7 Å². The van der Waals surface area contributed by atoms with E-state index in [1.54, 1.807) is 12.1 Å². The molecule has 2 rings (SSSR count). The molecule has 0 heterocycles. The lowest BCUT2D eigenvalue weighted by Crippen LogP contribution is -2.51. The highest BCUT2D eigenvalue weighted by atomic mass is 16.5. The largest absolute Gasteiger partial charge is 0.391 e. The van der Waals surface area contributed by atoms with Gasteiger partial charge in [-0.05, 0) is 43.3 Å². The van der Waals surface area contributed by atoms with Crippen LogP contribution in [0.5, 0.6) is 0 Å². The van der Waals surface area contributed by atoms with E-state index < -0.39 is 24.0 Å². The first-order valence-corrected chi connectivity index (χ1v) is 7.51. The van der Waals surface area contributed by atoms with Crippen LogP contribution in [-0.2, 0) is 4.79 Å². The second-order valence-electron chi connectivity index (χ2n) is 5.25. The van der Waals surface area contributed by atoms with E-state index in [0.717, 1.165) is 0 Å². The van der Waals surface area contributed by atoms with Gasteiger partial charge in [0.25, 0.3) is 11.8 Å². The van der Waals surface area contributed by atoms with Gasteiger partial charge in [-0.25, -0.2) is 5.48 Å². The summed E-state index contributed by atoms with van der Waals surface area (Å²) in [6, 6.07) is 14.2. The molecule has 0 spiro atoms. The maximum absolute atomic E-state index is 12.1. The second-order valence-corrected chi connectivity index (χ2v) is 5.25. The zero-order valence-electron chi connectivity index (χ0n) is 13.5. The fourth-order valence-corrected chi connectivity index (χ4v) is 1.99. The molecule has 0 saturated carbocycles. The average molecular weight is 358 g/mol. The topological polar surface area (TPSA) is 123 Å². The molecule has 8 heteroatoms. The molecule has 2 aromatic carbocycles. The molecule has 4 N–H and O–H groups in total. The van der Waals surface area contributed by atoms with Gasteiger partial charge in [0.05, 0.1) is 17.5 Å². The number of hydrogen-bond acceptors (Lipinski definition) is 6. The van der Waals surface area contributed by atoms with Crippen LogP contribution in [0.3, 0.4) is 0 Å². The third kappa shape index (κ3) is 5.76. The van der Waals surface area contributed by atoms with Crippen LogP contribution in [0.2, 0.25) is 0 Å². The maximum Gasteiger partial charge on any atom is 0.268 e. The van der Waals surface area contributed by atoms with Crippen LogP contribution < -0.4 is 10.8 Å². The Labute approximate surface area is 151 Å². The van der Waals surface area contributed by atoms with Crippen molar-refractivity contribution in [1.82, 2.24) is 10.8 Å².